The van der Waals surface area contributed by atoms with E-state index in [1.54, 1.807) is 14.2 Å². The first-order valence-corrected chi connectivity index (χ1v) is 10.3. The van der Waals surface area contributed by atoms with Crippen molar-refractivity contribution in [1.29, 1.82) is 0 Å². The van der Waals surface area contributed by atoms with Crippen LogP contribution in [0.3, 0.4) is 0 Å². The van der Waals surface area contributed by atoms with Crippen LogP contribution in [0.25, 0.3) is 0 Å². The van der Waals surface area contributed by atoms with Crippen molar-refractivity contribution in [3.05, 3.63) is 59.7 Å². The predicted octanol–water partition coefficient (Wildman–Crippen LogP) is 8.50. The fourth-order valence-corrected chi connectivity index (χ4v) is 1.57. The molecule has 2 heteroatoms. The van der Waals surface area contributed by atoms with Crippen molar-refractivity contribution >= 4 is 0 Å². The number of aryl methyl sites for hydroxylation is 2. The summed E-state index contributed by atoms with van der Waals surface area (Å²) in [6.07, 6.45) is 1.25. The highest BCUT2D eigenvalue weighted by molar-refractivity contribution is 5.32. The quantitative estimate of drug-likeness (QED) is 0.521. The maximum absolute atomic E-state index is 5.04. The van der Waals surface area contributed by atoms with Gasteiger partial charge in [-0.05, 0) is 37.1 Å². The van der Waals surface area contributed by atoms with E-state index in [0.29, 0.717) is 0 Å². The third-order valence-corrected chi connectivity index (χ3v) is 2.63. The van der Waals surface area contributed by atoms with Gasteiger partial charge in [0.15, 0.2) is 0 Å². The molecule has 0 aromatic heterocycles. The minimum atomic E-state index is 0.956. The Morgan fingerprint density at radius 3 is 0.926 bits per heavy atom. The summed E-state index contributed by atoms with van der Waals surface area (Å²) in [6, 6.07) is 15.9. The summed E-state index contributed by atoms with van der Waals surface area (Å²) in [4.78, 5) is 0. The van der Waals surface area contributed by atoms with Gasteiger partial charge in [0.05, 0.1) is 14.2 Å². The summed E-state index contributed by atoms with van der Waals surface area (Å²) in [6.45, 7) is 20.3. The molecule has 0 saturated carbocycles. The van der Waals surface area contributed by atoms with E-state index in [-0.39, 0.29) is 0 Å². The number of methoxy groups -OCH3 is 2. The van der Waals surface area contributed by atoms with E-state index in [0.717, 1.165) is 11.5 Å². The molecule has 0 heterocycles. The molecular weight excluding hydrogens is 332 g/mol. The van der Waals surface area contributed by atoms with Gasteiger partial charge in [-0.1, -0.05) is 98.2 Å². The van der Waals surface area contributed by atoms with E-state index >= 15 is 0 Å². The molecule has 0 unspecified atom stereocenters. The van der Waals surface area contributed by atoms with Gasteiger partial charge in [0, 0.05) is 0 Å². The van der Waals surface area contributed by atoms with Crippen LogP contribution in [-0.4, -0.2) is 14.2 Å². The first-order chi connectivity index (χ1) is 13.1. The van der Waals surface area contributed by atoms with Crippen LogP contribution in [0.2, 0.25) is 0 Å². The van der Waals surface area contributed by atoms with Crippen molar-refractivity contribution in [2.24, 2.45) is 0 Å². The molecule has 0 aliphatic heterocycles. The Morgan fingerprint density at radius 1 is 0.556 bits per heavy atom. The molecule has 0 aliphatic carbocycles. The molecule has 0 saturated heterocycles. The molecule has 2 aromatic carbocycles. The van der Waals surface area contributed by atoms with Crippen LogP contribution in [0.5, 0.6) is 11.5 Å². The Bertz CT molecular complexity index is 448. The third kappa shape index (κ3) is 20.2. The Balaban J connectivity index is -0.000000138. The zero-order valence-electron chi connectivity index (χ0n) is 20.1. The van der Waals surface area contributed by atoms with E-state index in [9.17, 15) is 0 Å². The molecule has 2 nitrogen and oxygen atoms in total. The van der Waals surface area contributed by atoms with Crippen LogP contribution in [0.15, 0.2) is 48.5 Å². The van der Waals surface area contributed by atoms with E-state index in [2.05, 4.69) is 13.8 Å². The second-order valence-corrected chi connectivity index (χ2v) is 4.65. The standard InChI is InChI=1S/2C8H10O.C3H8.3C2H6/c2*1-7-5-3-4-6-8(7)9-2;1-3-2;3*1-2/h2*3-6H,1-2H3;3H2,1-2H3;3*1-2H3. The summed E-state index contributed by atoms with van der Waals surface area (Å²) in [5.74, 6) is 1.91. The molecule has 0 N–H and O–H groups in total. The molecule has 2 aromatic rings. The van der Waals surface area contributed by atoms with Crippen molar-refractivity contribution in [3.8, 4) is 11.5 Å². The lowest BCUT2D eigenvalue weighted by Gasteiger charge is -2.00. The van der Waals surface area contributed by atoms with E-state index < -0.39 is 0 Å². The Kier molecular flexibility index (Phi) is 34.9. The average molecular weight is 379 g/mol. The number of ether oxygens (including phenoxy) is 2. The molecule has 158 valence electrons. The topological polar surface area (TPSA) is 18.5 Å². The van der Waals surface area contributed by atoms with E-state index in [4.69, 9.17) is 9.47 Å². The van der Waals surface area contributed by atoms with Gasteiger partial charge in [-0.3, -0.25) is 0 Å². The number of benzene rings is 2. The Labute approximate surface area is 170 Å². The zero-order valence-corrected chi connectivity index (χ0v) is 20.1. The largest absolute Gasteiger partial charge is 0.496 e. The average Bonchev–Trinajstić information content (AvgIpc) is 2.74. The van der Waals surface area contributed by atoms with Gasteiger partial charge in [-0.15, -0.1) is 0 Å². The van der Waals surface area contributed by atoms with E-state index in [1.807, 2.05) is 104 Å². The maximum atomic E-state index is 5.04. The number of rotatable bonds is 2. The van der Waals surface area contributed by atoms with Crippen molar-refractivity contribution in [2.45, 2.75) is 75.7 Å². The summed E-state index contributed by atoms with van der Waals surface area (Å²) in [7, 11) is 3.37. The smallest absolute Gasteiger partial charge is 0.121 e. The number of para-hydroxylation sites is 2. The highest BCUT2D eigenvalue weighted by atomic mass is 16.5. The van der Waals surface area contributed by atoms with Gasteiger partial charge in [-0.2, -0.15) is 0 Å². The number of hydrogen-bond donors (Lipinski definition) is 0. The van der Waals surface area contributed by atoms with Crippen molar-refractivity contribution in [1.82, 2.24) is 0 Å². The molecule has 0 radical (unpaired) electrons. The predicted molar refractivity (Wildman–Crippen MR) is 125 cm³/mol. The van der Waals surface area contributed by atoms with Crippen LogP contribution in [0.4, 0.5) is 0 Å². The Hall–Kier alpha value is -1.96. The highest BCUT2D eigenvalue weighted by Crippen LogP contribution is 2.15. The van der Waals surface area contributed by atoms with Gasteiger partial charge in [0.25, 0.3) is 0 Å². The normalized spacial score (nSPS) is 7.41. The van der Waals surface area contributed by atoms with Crippen LogP contribution < -0.4 is 9.47 Å². The van der Waals surface area contributed by atoms with Crippen LogP contribution >= 0.6 is 0 Å². The zero-order chi connectivity index (χ0) is 22.1. The molecule has 0 fully saturated rings. The fourth-order valence-electron chi connectivity index (χ4n) is 1.57. The van der Waals surface area contributed by atoms with Gasteiger partial charge in [-0.25, -0.2) is 0 Å². The summed E-state index contributed by atoms with van der Waals surface area (Å²) >= 11 is 0. The lowest BCUT2D eigenvalue weighted by atomic mass is 10.2. The highest BCUT2D eigenvalue weighted by Gasteiger charge is 1.91. The van der Waals surface area contributed by atoms with Crippen molar-refractivity contribution in [2.75, 3.05) is 14.2 Å². The minimum absolute atomic E-state index is 0.956. The SMILES string of the molecule is CC.CC.CC.CCC.COc1ccccc1C.COc1ccccc1C. The van der Waals surface area contributed by atoms with Gasteiger partial charge >= 0.3 is 0 Å². The molecule has 0 aliphatic rings. The molecule has 0 bridgehead atoms. The lowest BCUT2D eigenvalue weighted by molar-refractivity contribution is 0.411. The molecule has 0 amide bonds. The number of hydrogen-bond acceptors (Lipinski definition) is 2. The first-order valence-electron chi connectivity index (χ1n) is 10.3. The summed E-state index contributed by atoms with van der Waals surface area (Å²) < 4.78 is 10.1. The van der Waals surface area contributed by atoms with Crippen LogP contribution in [0.1, 0.15) is 72.9 Å². The Morgan fingerprint density at radius 2 is 0.778 bits per heavy atom. The second kappa shape index (κ2) is 28.8. The molecule has 0 spiro atoms. The third-order valence-electron chi connectivity index (χ3n) is 2.63. The molecule has 0 atom stereocenters. The summed E-state index contributed by atoms with van der Waals surface area (Å²) in [5, 5.41) is 0. The summed E-state index contributed by atoms with van der Waals surface area (Å²) in [5.41, 5.74) is 2.36. The van der Waals surface area contributed by atoms with Gasteiger partial charge in [0.2, 0.25) is 0 Å². The van der Waals surface area contributed by atoms with Crippen LogP contribution in [0, 0.1) is 13.8 Å². The van der Waals surface area contributed by atoms with Gasteiger partial charge in [0.1, 0.15) is 11.5 Å². The lowest BCUT2D eigenvalue weighted by Crippen LogP contribution is -1.84. The monoisotopic (exact) mass is 378 g/mol. The van der Waals surface area contributed by atoms with Gasteiger partial charge < -0.3 is 9.47 Å². The fraction of sp³-hybridized carbons (Fsp3) is 0.520. The molecule has 27 heavy (non-hydrogen) atoms. The molecular formula is C25H46O2. The minimum Gasteiger partial charge on any atom is -0.496 e. The van der Waals surface area contributed by atoms with E-state index in [1.165, 1.54) is 17.5 Å². The van der Waals surface area contributed by atoms with Crippen molar-refractivity contribution < 1.29 is 9.47 Å². The maximum Gasteiger partial charge on any atom is 0.121 e. The first kappa shape index (κ1) is 32.7. The van der Waals surface area contributed by atoms with Crippen molar-refractivity contribution in [3.63, 3.8) is 0 Å². The second-order valence-electron chi connectivity index (χ2n) is 4.65. The molecule has 2 rings (SSSR count). The van der Waals surface area contributed by atoms with Crippen LogP contribution in [-0.2, 0) is 0 Å².